The maximum atomic E-state index is 12.0. The molecule has 0 bridgehead atoms. The van der Waals surface area contributed by atoms with Gasteiger partial charge in [0.15, 0.2) is 0 Å². The molecule has 1 aliphatic rings. The van der Waals surface area contributed by atoms with Gasteiger partial charge in [0.2, 0.25) is 16.2 Å². The summed E-state index contributed by atoms with van der Waals surface area (Å²) in [5, 5.41) is 21.4. The molecule has 0 atom stereocenters. The molecule has 0 spiro atoms. The summed E-state index contributed by atoms with van der Waals surface area (Å²) >= 11 is 2.98. The second-order valence-electron chi connectivity index (χ2n) is 5.63. The first-order valence-corrected chi connectivity index (χ1v) is 9.18. The zero-order valence-electron chi connectivity index (χ0n) is 13.1. The number of carbonyl (C=O) groups excluding carboxylic acids is 1. The Morgan fingerprint density at radius 1 is 1.26 bits per heavy atom. The molecule has 3 heterocycles. The molecular weight excluding hydrogens is 334 g/mol. The summed E-state index contributed by atoms with van der Waals surface area (Å²) in [5.41, 5.74) is 1.60. The monoisotopic (exact) mass is 353 g/mol. The molecule has 1 aliphatic heterocycles. The van der Waals surface area contributed by atoms with Crippen molar-refractivity contribution in [2.45, 2.75) is 19.8 Å². The van der Waals surface area contributed by atoms with Crippen LogP contribution < -0.4 is 10.2 Å². The molecule has 2 aromatic rings. The van der Waals surface area contributed by atoms with Gasteiger partial charge in [-0.1, -0.05) is 36.5 Å². The molecule has 124 valence electrons. The lowest BCUT2D eigenvalue weighted by molar-refractivity contribution is -0.117. The molecule has 0 radical (unpaired) electrons. The third-order valence-corrected chi connectivity index (χ3v) is 5.43. The fraction of sp³-hybridized carbons (Fsp3) is 0.615. The van der Waals surface area contributed by atoms with E-state index >= 15 is 0 Å². The summed E-state index contributed by atoms with van der Waals surface area (Å²) in [6, 6.07) is 0. The van der Waals surface area contributed by atoms with Gasteiger partial charge in [0.1, 0.15) is 10.5 Å². The number of hydrogen-bond acceptors (Lipinski definition) is 9. The lowest BCUT2D eigenvalue weighted by Gasteiger charge is -2.33. The Balaban J connectivity index is 1.47. The van der Waals surface area contributed by atoms with Gasteiger partial charge in [0.25, 0.3) is 0 Å². The highest BCUT2D eigenvalue weighted by atomic mass is 32.1. The van der Waals surface area contributed by atoms with Crippen molar-refractivity contribution < 1.29 is 4.79 Å². The summed E-state index contributed by atoms with van der Waals surface area (Å²) in [6.07, 6.45) is 0. The van der Waals surface area contributed by atoms with Crippen molar-refractivity contribution >= 4 is 38.8 Å². The minimum atomic E-state index is -0.0480. The summed E-state index contributed by atoms with van der Waals surface area (Å²) < 4.78 is 0. The van der Waals surface area contributed by atoms with Crippen LogP contribution in [0.4, 0.5) is 10.3 Å². The van der Waals surface area contributed by atoms with Crippen molar-refractivity contribution in [3.05, 3.63) is 10.5 Å². The summed E-state index contributed by atoms with van der Waals surface area (Å²) in [6.45, 7) is 8.01. The molecule has 10 heteroatoms. The number of nitrogens with one attached hydrogen (secondary N) is 1. The van der Waals surface area contributed by atoms with Gasteiger partial charge in [-0.2, -0.15) is 0 Å². The molecule has 3 rings (SSSR count). The number of aromatic nitrogens is 4. The Kier molecular flexibility index (Phi) is 5.13. The molecule has 0 aromatic carbocycles. The van der Waals surface area contributed by atoms with E-state index in [0.29, 0.717) is 17.6 Å². The van der Waals surface area contributed by atoms with Crippen molar-refractivity contribution in [1.82, 2.24) is 25.3 Å². The molecule has 1 amide bonds. The Bertz CT molecular complexity index is 635. The van der Waals surface area contributed by atoms with Gasteiger partial charge in [-0.15, -0.1) is 20.4 Å². The summed E-state index contributed by atoms with van der Waals surface area (Å²) in [7, 11) is 0. The van der Waals surface area contributed by atoms with Crippen molar-refractivity contribution in [3.8, 4) is 0 Å². The topological polar surface area (TPSA) is 87.1 Å². The van der Waals surface area contributed by atoms with Crippen LogP contribution >= 0.6 is 22.7 Å². The molecule has 1 fully saturated rings. The van der Waals surface area contributed by atoms with E-state index in [1.807, 2.05) is 0 Å². The molecular formula is C13H19N7OS2. The van der Waals surface area contributed by atoms with Crippen molar-refractivity contribution in [2.24, 2.45) is 0 Å². The van der Waals surface area contributed by atoms with Gasteiger partial charge in [-0.05, 0) is 0 Å². The van der Waals surface area contributed by atoms with Gasteiger partial charge in [0.05, 0.1) is 6.54 Å². The first kappa shape index (κ1) is 16.2. The van der Waals surface area contributed by atoms with Crippen LogP contribution in [-0.4, -0.2) is 63.9 Å². The standard InChI is InChI=1S/C13H19N7OS2/c1-9(2)11-16-18-13(23-11)20-5-3-19(4-6-20)7-10(21)15-12-17-14-8-22-12/h8-9H,3-7H2,1-2H3,(H,15,17,21). The number of nitrogens with zero attached hydrogens (tertiary/aromatic N) is 6. The highest BCUT2D eigenvalue weighted by molar-refractivity contribution is 7.15. The van der Waals surface area contributed by atoms with Crippen LogP contribution in [0, 0.1) is 0 Å². The second kappa shape index (κ2) is 7.28. The molecule has 1 N–H and O–H groups in total. The number of anilines is 2. The van der Waals surface area contributed by atoms with E-state index in [1.54, 1.807) is 16.8 Å². The van der Waals surface area contributed by atoms with Gasteiger partial charge in [-0.25, -0.2) is 0 Å². The zero-order valence-corrected chi connectivity index (χ0v) is 14.7. The van der Waals surface area contributed by atoms with E-state index in [1.165, 1.54) is 11.3 Å². The van der Waals surface area contributed by atoms with E-state index in [0.717, 1.165) is 36.3 Å². The highest BCUT2D eigenvalue weighted by Gasteiger charge is 2.22. The molecule has 8 nitrogen and oxygen atoms in total. The number of rotatable bonds is 5. The SMILES string of the molecule is CC(C)c1nnc(N2CCN(CC(=O)Nc3nncs3)CC2)s1. The second-order valence-corrected chi connectivity index (χ2v) is 7.45. The van der Waals surface area contributed by atoms with Gasteiger partial charge < -0.3 is 4.90 Å². The van der Waals surface area contributed by atoms with Crippen LogP contribution in [0.3, 0.4) is 0 Å². The number of piperazine rings is 1. The minimum absolute atomic E-state index is 0.0480. The molecule has 0 saturated carbocycles. The van der Waals surface area contributed by atoms with Crippen molar-refractivity contribution in [2.75, 3.05) is 42.9 Å². The van der Waals surface area contributed by atoms with Gasteiger partial charge in [-0.3, -0.25) is 15.0 Å². The summed E-state index contributed by atoms with van der Waals surface area (Å²) in [4.78, 5) is 16.3. The van der Waals surface area contributed by atoms with Gasteiger partial charge in [0, 0.05) is 32.1 Å². The predicted molar refractivity (Wildman–Crippen MR) is 91.2 cm³/mol. The summed E-state index contributed by atoms with van der Waals surface area (Å²) in [5.74, 6) is 0.361. The Morgan fingerprint density at radius 2 is 2.04 bits per heavy atom. The molecule has 0 unspecified atom stereocenters. The van der Waals surface area contributed by atoms with E-state index in [9.17, 15) is 4.79 Å². The van der Waals surface area contributed by atoms with Crippen LogP contribution in [0.5, 0.6) is 0 Å². The Morgan fingerprint density at radius 3 is 2.65 bits per heavy atom. The van der Waals surface area contributed by atoms with Crippen LogP contribution in [-0.2, 0) is 4.79 Å². The normalized spacial score (nSPS) is 16.0. The minimum Gasteiger partial charge on any atom is -0.344 e. The average Bonchev–Trinajstić information content (AvgIpc) is 3.19. The maximum absolute atomic E-state index is 12.0. The number of carbonyl (C=O) groups is 1. The molecule has 1 saturated heterocycles. The van der Waals surface area contributed by atoms with Crippen LogP contribution in [0.1, 0.15) is 24.8 Å². The third kappa shape index (κ3) is 4.21. The van der Waals surface area contributed by atoms with E-state index in [4.69, 9.17) is 0 Å². The third-order valence-electron chi connectivity index (χ3n) is 3.54. The van der Waals surface area contributed by atoms with E-state index in [-0.39, 0.29) is 5.91 Å². The lowest BCUT2D eigenvalue weighted by Crippen LogP contribution is -2.48. The Hall–Kier alpha value is -1.65. The van der Waals surface area contributed by atoms with Crippen LogP contribution in [0.15, 0.2) is 5.51 Å². The van der Waals surface area contributed by atoms with E-state index < -0.39 is 0 Å². The highest BCUT2D eigenvalue weighted by Crippen LogP contribution is 2.26. The van der Waals surface area contributed by atoms with Crippen LogP contribution in [0.25, 0.3) is 0 Å². The Labute approximate surface area is 142 Å². The lowest BCUT2D eigenvalue weighted by atomic mass is 10.2. The first-order valence-electron chi connectivity index (χ1n) is 7.48. The van der Waals surface area contributed by atoms with E-state index in [2.05, 4.69) is 49.4 Å². The molecule has 0 aliphatic carbocycles. The van der Waals surface area contributed by atoms with Crippen molar-refractivity contribution in [1.29, 1.82) is 0 Å². The van der Waals surface area contributed by atoms with Crippen molar-refractivity contribution in [3.63, 3.8) is 0 Å². The average molecular weight is 353 g/mol. The number of amides is 1. The molecule has 2 aromatic heterocycles. The predicted octanol–water partition coefficient (Wildman–Crippen LogP) is 1.27. The fourth-order valence-corrected chi connectivity index (χ4v) is 3.63. The van der Waals surface area contributed by atoms with Gasteiger partial charge >= 0.3 is 0 Å². The quantitative estimate of drug-likeness (QED) is 0.866. The molecule has 23 heavy (non-hydrogen) atoms. The zero-order chi connectivity index (χ0) is 16.2. The number of hydrogen-bond donors (Lipinski definition) is 1. The smallest absolute Gasteiger partial charge is 0.240 e. The largest absolute Gasteiger partial charge is 0.344 e. The maximum Gasteiger partial charge on any atom is 0.240 e. The fourth-order valence-electron chi connectivity index (χ4n) is 2.27. The van der Waals surface area contributed by atoms with Crippen LogP contribution in [0.2, 0.25) is 0 Å². The first-order chi connectivity index (χ1) is 11.1.